The summed E-state index contributed by atoms with van der Waals surface area (Å²) in [7, 11) is 0. The van der Waals surface area contributed by atoms with Crippen LogP contribution in [0.3, 0.4) is 0 Å². The molecule has 1 saturated heterocycles. The summed E-state index contributed by atoms with van der Waals surface area (Å²) in [5, 5.41) is 1.75. The van der Waals surface area contributed by atoms with Crippen molar-refractivity contribution >= 4 is 32.8 Å². The first-order valence-electron chi connectivity index (χ1n) is 6.14. The Bertz CT molecular complexity index is 578. The average Bonchev–Trinajstić information content (AvgIpc) is 3.04. The minimum absolute atomic E-state index is 0.0851. The monoisotopic (exact) mass is 307 g/mol. The molecule has 18 heavy (non-hydrogen) atoms. The zero-order valence-corrected chi connectivity index (χ0v) is 11.5. The van der Waals surface area contributed by atoms with Crippen molar-refractivity contribution in [2.45, 2.75) is 18.9 Å². The number of alkyl halides is 1. The van der Waals surface area contributed by atoms with Gasteiger partial charge in [-0.05, 0) is 18.9 Å². The summed E-state index contributed by atoms with van der Waals surface area (Å²) < 4.78 is 5.44. The quantitative estimate of drug-likeness (QED) is 0.796. The van der Waals surface area contributed by atoms with Crippen molar-refractivity contribution in [3.63, 3.8) is 0 Å². The molecule has 2 aromatic rings. The van der Waals surface area contributed by atoms with Crippen LogP contribution in [0.15, 0.2) is 34.9 Å². The van der Waals surface area contributed by atoms with Gasteiger partial charge in [0.05, 0.1) is 5.56 Å². The number of likely N-dealkylation sites (tertiary alicyclic amines) is 1. The Balaban J connectivity index is 1.97. The van der Waals surface area contributed by atoms with Gasteiger partial charge in [-0.2, -0.15) is 0 Å². The predicted molar refractivity (Wildman–Crippen MR) is 74.1 cm³/mol. The van der Waals surface area contributed by atoms with Crippen LogP contribution >= 0.6 is 15.9 Å². The highest BCUT2D eigenvalue weighted by Gasteiger charge is 2.30. The van der Waals surface area contributed by atoms with E-state index >= 15 is 0 Å². The molecule has 0 bridgehead atoms. The van der Waals surface area contributed by atoms with E-state index in [2.05, 4.69) is 15.9 Å². The van der Waals surface area contributed by atoms with E-state index in [0.29, 0.717) is 11.6 Å². The van der Waals surface area contributed by atoms with Crippen molar-refractivity contribution < 1.29 is 9.21 Å². The summed E-state index contributed by atoms with van der Waals surface area (Å²) in [6, 6.07) is 7.98. The maximum Gasteiger partial charge on any atom is 0.258 e. The number of carbonyl (C=O) groups is 1. The lowest BCUT2D eigenvalue weighted by molar-refractivity contribution is 0.0751. The molecule has 1 fully saturated rings. The number of hydrogen-bond acceptors (Lipinski definition) is 2. The summed E-state index contributed by atoms with van der Waals surface area (Å²) in [5.41, 5.74) is 1.45. The molecule has 1 aromatic heterocycles. The molecule has 94 valence electrons. The Morgan fingerprint density at radius 3 is 3.11 bits per heavy atom. The molecule has 0 N–H and O–H groups in total. The molecule has 2 heterocycles. The summed E-state index contributed by atoms with van der Waals surface area (Å²) in [6.45, 7) is 0.842. The molecule has 3 rings (SSSR count). The van der Waals surface area contributed by atoms with Crippen LogP contribution in [0, 0.1) is 0 Å². The first-order valence-corrected chi connectivity index (χ1v) is 7.26. The van der Waals surface area contributed by atoms with Crippen LogP contribution in [0.1, 0.15) is 23.2 Å². The molecule has 3 nitrogen and oxygen atoms in total. The molecule has 1 aliphatic rings. The van der Waals surface area contributed by atoms with Gasteiger partial charge in [0.1, 0.15) is 11.8 Å². The number of benzene rings is 1. The van der Waals surface area contributed by atoms with Crippen LogP contribution in [0.5, 0.6) is 0 Å². The van der Waals surface area contributed by atoms with Gasteiger partial charge in [-0.25, -0.2) is 0 Å². The minimum Gasteiger partial charge on any atom is -0.463 e. The molecule has 1 aromatic carbocycles. The molecule has 0 saturated carbocycles. The lowest BCUT2D eigenvalue weighted by atomic mass is 10.1. The minimum atomic E-state index is 0.0851. The van der Waals surface area contributed by atoms with Gasteiger partial charge in [0, 0.05) is 23.3 Å². The molecule has 4 heteroatoms. The van der Waals surface area contributed by atoms with Gasteiger partial charge in [0.2, 0.25) is 0 Å². The van der Waals surface area contributed by atoms with Gasteiger partial charge in [-0.1, -0.05) is 34.1 Å². The van der Waals surface area contributed by atoms with Crippen LogP contribution in [0.25, 0.3) is 11.0 Å². The Morgan fingerprint density at radius 2 is 2.28 bits per heavy atom. The largest absolute Gasteiger partial charge is 0.463 e. The summed E-state index contributed by atoms with van der Waals surface area (Å²) in [5.74, 6) is 0.0851. The molecular formula is C14H14BrNO2. The maximum absolute atomic E-state index is 12.5. The van der Waals surface area contributed by atoms with Crippen LogP contribution in [-0.2, 0) is 0 Å². The number of nitrogens with zero attached hydrogens (tertiary/aromatic N) is 1. The number of para-hydroxylation sites is 1. The second-order valence-corrected chi connectivity index (χ2v) is 5.24. The molecule has 0 aliphatic carbocycles. The highest BCUT2D eigenvalue weighted by molar-refractivity contribution is 9.09. The van der Waals surface area contributed by atoms with E-state index in [-0.39, 0.29) is 5.91 Å². The third-order valence-electron chi connectivity index (χ3n) is 3.53. The van der Waals surface area contributed by atoms with E-state index in [1.54, 1.807) is 6.26 Å². The Kier molecular flexibility index (Phi) is 3.12. The number of fused-ring (bicyclic) bond motifs is 1. The summed E-state index contributed by atoms with van der Waals surface area (Å²) in [6.07, 6.45) is 3.74. The molecule has 1 atom stereocenters. The molecule has 0 spiro atoms. The highest BCUT2D eigenvalue weighted by atomic mass is 79.9. The molecule has 1 amide bonds. The third kappa shape index (κ3) is 1.85. The first-order chi connectivity index (χ1) is 8.81. The van der Waals surface area contributed by atoms with Gasteiger partial charge < -0.3 is 9.32 Å². The van der Waals surface area contributed by atoms with E-state index in [4.69, 9.17) is 4.42 Å². The predicted octanol–water partition coefficient (Wildman–Crippen LogP) is 3.43. The van der Waals surface area contributed by atoms with Gasteiger partial charge >= 0.3 is 0 Å². The van der Waals surface area contributed by atoms with E-state index in [1.165, 1.54) is 0 Å². The summed E-state index contributed by atoms with van der Waals surface area (Å²) in [4.78, 5) is 14.5. The van der Waals surface area contributed by atoms with Crippen molar-refractivity contribution in [1.29, 1.82) is 0 Å². The second kappa shape index (κ2) is 4.76. The van der Waals surface area contributed by atoms with Crippen molar-refractivity contribution in [1.82, 2.24) is 4.90 Å². The molecular weight excluding hydrogens is 294 g/mol. The van der Waals surface area contributed by atoms with Gasteiger partial charge in [0.25, 0.3) is 5.91 Å². The van der Waals surface area contributed by atoms with Crippen LogP contribution in [0.2, 0.25) is 0 Å². The number of rotatable bonds is 2. The number of amides is 1. The van der Waals surface area contributed by atoms with Crippen molar-refractivity contribution in [3.05, 3.63) is 36.1 Å². The van der Waals surface area contributed by atoms with Crippen molar-refractivity contribution in [2.24, 2.45) is 0 Å². The smallest absolute Gasteiger partial charge is 0.258 e. The number of halogens is 1. The SMILES string of the molecule is O=C(c1coc2ccccc12)N1CCCC1CBr. The fourth-order valence-electron chi connectivity index (χ4n) is 2.56. The fraction of sp³-hybridized carbons (Fsp3) is 0.357. The van der Waals surface area contributed by atoms with Gasteiger partial charge in [-0.3, -0.25) is 4.79 Å². The highest BCUT2D eigenvalue weighted by Crippen LogP contribution is 2.26. The van der Waals surface area contributed by atoms with Gasteiger partial charge in [-0.15, -0.1) is 0 Å². The van der Waals surface area contributed by atoms with E-state index in [0.717, 1.165) is 35.7 Å². The lowest BCUT2D eigenvalue weighted by Gasteiger charge is -2.22. The van der Waals surface area contributed by atoms with E-state index in [1.807, 2.05) is 29.2 Å². The van der Waals surface area contributed by atoms with Crippen LogP contribution < -0.4 is 0 Å². The van der Waals surface area contributed by atoms with Crippen molar-refractivity contribution in [2.75, 3.05) is 11.9 Å². The zero-order chi connectivity index (χ0) is 12.5. The standard InChI is InChI=1S/C14H14BrNO2/c15-8-10-4-3-7-16(10)14(17)12-9-18-13-6-2-1-5-11(12)13/h1-2,5-6,9-10H,3-4,7-8H2. The Hall–Kier alpha value is -1.29. The first kappa shape index (κ1) is 11.8. The number of furan rings is 1. The number of hydrogen-bond donors (Lipinski definition) is 0. The Morgan fingerprint density at radius 1 is 1.44 bits per heavy atom. The molecule has 1 aliphatic heterocycles. The maximum atomic E-state index is 12.5. The Labute approximate surface area is 114 Å². The van der Waals surface area contributed by atoms with E-state index in [9.17, 15) is 4.79 Å². The van der Waals surface area contributed by atoms with Gasteiger partial charge in [0.15, 0.2) is 0 Å². The van der Waals surface area contributed by atoms with E-state index < -0.39 is 0 Å². The lowest BCUT2D eigenvalue weighted by Crippen LogP contribution is -2.36. The normalized spacial score (nSPS) is 19.6. The summed E-state index contributed by atoms with van der Waals surface area (Å²) >= 11 is 3.48. The second-order valence-electron chi connectivity index (χ2n) is 4.59. The van der Waals surface area contributed by atoms with Crippen LogP contribution in [-0.4, -0.2) is 28.7 Å². The number of carbonyl (C=O) groups excluding carboxylic acids is 1. The average molecular weight is 308 g/mol. The fourth-order valence-corrected chi connectivity index (χ4v) is 3.23. The van der Waals surface area contributed by atoms with Crippen molar-refractivity contribution in [3.8, 4) is 0 Å². The van der Waals surface area contributed by atoms with Crippen LogP contribution in [0.4, 0.5) is 0 Å². The molecule has 1 unspecified atom stereocenters. The molecule has 0 radical (unpaired) electrons. The topological polar surface area (TPSA) is 33.5 Å². The zero-order valence-electron chi connectivity index (χ0n) is 9.93. The third-order valence-corrected chi connectivity index (χ3v) is 4.27.